The first-order valence-electron chi connectivity index (χ1n) is 9.30. The number of fused-ring (bicyclic) bond motifs is 1. The summed E-state index contributed by atoms with van der Waals surface area (Å²) in [6.07, 6.45) is 3.12. The number of benzene rings is 1. The van der Waals surface area contributed by atoms with Gasteiger partial charge in [-0.15, -0.1) is 0 Å². The number of para-hydroxylation sites is 1. The third-order valence-electron chi connectivity index (χ3n) is 5.69. The van der Waals surface area contributed by atoms with Gasteiger partial charge in [0.2, 0.25) is 11.8 Å². The lowest BCUT2D eigenvalue weighted by Gasteiger charge is -2.33. The van der Waals surface area contributed by atoms with Gasteiger partial charge in [0.1, 0.15) is 0 Å². The number of carbonyl (C=O) groups excluding carboxylic acids is 2. The first-order chi connectivity index (χ1) is 12.6. The maximum absolute atomic E-state index is 12.3. The van der Waals surface area contributed by atoms with E-state index >= 15 is 0 Å². The van der Waals surface area contributed by atoms with Crippen molar-refractivity contribution in [3.8, 4) is 0 Å². The largest absolute Gasteiger partial charge is 0.370 e. The lowest BCUT2D eigenvalue weighted by atomic mass is 9.92. The Balaban J connectivity index is 1.71. The Morgan fingerprint density at radius 3 is 2.65 bits per heavy atom. The molecule has 1 unspecified atom stereocenters. The summed E-state index contributed by atoms with van der Waals surface area (Å²) in [5.74, 6) is -0.789. The zero-order chi connectivity index (χ0) is 18.3. The minimum Gasteiger partial charge on any atom is -0.370 e. The highest BCUT2D eigenvalue weighted by molar-refractivity contribution is 6.03. The van der Waals surface area contributed by atoms with Crippen LogP contribution in [0, 0.1) is 0 Å². The molecule has 7 heteroatoms. The summed E-state index contributed by atoms with van der Waals surface area (Å²) in [4.78, 5) is 26.2. The molecule has 0 radical (unpaired) electrons. The first-order valence-corrected chi connectivity index (χ1v) is 9.30. The molecular formula is C19H25N5O2. The predicted molar refractivity (Wildman–Crippen MR) is 100 cm³/mol. The van der Waals surface area contributed by atoms with Crippen LogP contribution in [0.1, 0.15) is 37.3 Å². The van der Waals surface area contributed by atoms with Crippen molar-refractivity contribution in [2.24, 2.45) is 7.05 Å². The number of amides is 2. The van der Waals surface area contributed by atoms with Crippen LogP contribution in [0.25, 0.3) is 10.9 Å². The van der Waals surface area contributed by atoms with Gasteiger partial charge in [0, 0.05) is 38.0 Å². The fourth-order valence-electron chi connectivity index (χ4n) is 4.22. The van der Waals surface area contributed by atoms with E-state index in [1.54, 1.807) is 0 Å². The van der Waals surface area contributed by atoms with Crippen molar-refractivity contribution >= 4 is 28.4 Å². The normalized spacial score (nSPS) is 22.1. The number of imide groups is 1. The zero-order valence-corrected chi connectivity index (χ0v) is 15.3. The molecule has 7 nitrogen and oxygen atoms in total. The molecule has 2 amide bonds. The quantitative estimate of drug-likeness (QED) is 0.811. The van der Waals surface area contributed by atoms with E-state index in [4.69, 9.17) is 0 Å². The Hall–Kier alpha value is -2.41. The van der Waals surface area contributed by atoms with Crippen molar-refractivity contribution < 1.29 is 9.59 Å². The second kappa shape index (κ2) is 6.72. The topological polar surface area (TPSA) is 79.3 Å². The number of nitrogens with one attached hydrogen (secondary N) is 2. The van der Waals surface area contributed by atoms with E-state index in [-0.39, 0.29) is 17.7 Å². The van der Waals surface area contributed by atoms with E-state index in [9.17, 15) is 9.59 Å². The van der Waals surface area contributed by atoms with E-state index in [1.165, 1.54) is 5.69 Å². The minimum absolute atomic E-state index is 0.195. The highest BCUT2D eigenvalue weighted by atomic mass is 16.2. The van der Waals surface area contributed by atoms with Gasteiger partial charge in [0.25, 0.3) is 0 Å². The van der Waals surface area contributed by atoms with Crippen molar-refractivity contribution in [3.63, 3.8) is 0 Å². The Morgan fingerprint density at radius 1 is 1.19 bits per heavy atom. The summed E-state index contributed by atoms with van der Waals surface area (Å²) in [6.45, 7) is 2.01. The zero-order valence-electron chi connectivity index (χ0n) is 15.3. The van der Waals surface area contributed by atoms with Gasteiger partial charge >= 0.3 is 0 Å². The van der Waals surface area contributed by atoms with Crippen LogP contribution in [-0.4, -0.2) is 47.8 Å². The molecule has 2 N–H and O–H groups in total. The summed E-state index contributed by atoms with van der Waals surface area (Å²) >= 11 is 0. The summed E-state index contributed by atoms with van der Waals surface area (Å²) in [6, 6.07) is 6.79. The Morgan fingerprint density at radius 2 is 1.96 bits per heavy atom. The molecule has 2 fully saturated rings. The fraction of sp³-hybridized carbons (Fsp3) is 0.526. The number of hydrogen-bond donors (Lipinski definition) is 2. The molecule has 26 heavy (non-hydrogen) atoms. The van der Waals surface area contributed by atoms with Crippen molar-refractivity contribution in [2.75, 3.05) is 25.0 Å². The summed E-state index contributed by atoms with van der Waals surface area (Å²) in [5.41, 5.74) is 3.01. The average molecular weight is 355 g/mol. The van der Waals surface area contributed by atoms with Gasteiger partial charge in [-0.1, -0.05) is 12.1 Å². The molecule has 1 aromatic carbocycles. The van der Waals surface area contributed by atoms with Gasteiger partial charge in [0.15, 0.2) is 0 Å². The number of carbonyl (C=O) groups is 2. The summed E-state index contributed by atoms with van der Waals surface area (Å²) in [5, 5.41) is 11.5. The van der Waals surface area contributed by atoms with Crippen LogP contribution in [-0.2, 0) is 16.6 Å². The molecule has 0 saturated carbocycles. The fourth-order valence-corrected chi connectivity index (χ4v) is 4.22. The number of anilines is 1. The van der Waals surface area contributed by atoms with Gasteiger partial charge < -0.3 is 10.2 Å². The molecule has 4 rings (SSSR count). The molecule has 138 valence electrons. The van der Waals surface area contributed by atoms with Crippen LogP contribution in [0.4, 0.5) is 5.69 Å². The van der Waals surface area contributed by atoms with E-state index in [0.29, 0.717) is 18.9 Å². The van der Waals surface area contributed by atoms with Gasteiger partial charge in [-0.2, -0.15) is 5.10 Å². The van der Waals surface area contributed by atoms with Gasteiger partial charge in [-0.05, 0) is 32.4 Å². The number of hydrogen-bond acceptors (Lipinski definition) is 5. The van der Waals surface area contributed by atoms with Crippen molar-refractivity contribution in [3.05, 3.63) is 23.9 Å². The summed E-state index contributed by atoms with van der Waals surface area (Å²) < 4.78 is 1.88. The molecule has 3 heterocycles. The minimum atomic E-state index is -0.360. The molecule has 0 spiro atoms. The second-order valence-corrected chi connectivity index (χ2v) is 7.24. The molecule has 2 aliphatic rings. The van der Waals surface area contributed by atoms with Crippen molar-refractivity contribution in [2.45, 2.75) is 37.6 Å². The number of aryl methyl sites for hydroxylation is 1. The predicted octanol–water partition coefficient (Wildman–Crippen LogP) is 1.28. The van der Waals surface area contributed by atoms with E-state index < -0.39 is 0 Å². The van der Waals surface area contributed by atoms with Crippen molar-refractivity contribution in [1.29, 1.82) is 0 Å². The highest BCUT2D eigenvalue weighted by Gasteiger charge is 2.32. The first kappa shape index (κ1) is 17.0. The maximum atomic E-state index is 12.3. The van der Waals surface area contributed by atoms with Crippen LogP contribution >= 0.6 is 0 Å². The highest BCUT2D eigenvalue weighted by Crippen LogP contribution is 2.35. The Bertz CT molecular complexity index is 851. The molecule has 2 aliphatic heterocycles. The second-order valence-electron chi connectivity index (χ2n) is 7.24. The van der Waals surface area contributed by atoms with Crippen LogP contribution < -0.4 is 15.5 Å². The van der Waals surface area contributed by atoms with E-state index in [0.717, 1.165) is 42.5 Å². The molecule has 1 atom stereocenters. The van der Waals surface area contributed by atoms with Crippen LogP contribution in [0.3, 0.4) is 0 Å². The number of nitrogens with zero attached hydrogens (tertiary/aromatic N) is 3. The lowest BCUT2D eigenvalue weighted by Crippen LogP contribution is -2.41. The molecule has 1 aromatic heterocycles. The Labute approximate surface area is 152 Å². The third-order valence-corrected chi connectivity index (χ3v) is 5.69. The van der Waals surface area contributed by atoms with Gasteiger partial charge in [-0.3, -0.25) is 19.6 Å². The smallest absolute Gasteiger partial charge is 0.235 e. The number of piperidine rings is 2. The summed E-state index contributed by atoms with van der Waals surface area (Å²) in [7, 11) is 3.95. The van der Waals surface area contributed by atoms with E-state index in [2.05, 4.69) is 26.7 Å². The molecular weight excluding hydrogens is 330 g/mol. The van der Waals surface area contributed by atoms with E-state index in [1.807, 2.05) is 30.9 Å². The SMILES string of the molecule is CNC1CCN(c2cccc3c(C4CCC(=O)NC4=O)nn(C)c23)CC1. The molecule has 2 aromatic rings. The maximum Gasteiger partial charge on any atom is 0.235 e. The van der Waals surface area contributed by atoms with Crippen LogP contribution in [0.15, 0.2) is 18.2 Å². The monoisotopic (exact) mass is 355 g/mol. The van der Waals surface area contributed by atoms with Gasteiger partial charge in [-0.25, -0.2) is 0 Å². The van der Waals surface area contributed by atoms with Crippen LogP contribution in [0.2, 0.25) is 0 Å². The third kappa shape index (κ3) is 2.86. The van der Waals surface area contributed by atoms with Gasteiger partial charge in [0.05, 0.1) is 22.8 Å². The molecule has 2 saturated heterocycles. The molecule has 0 aliphatic carbocycles. The molecule has 0 bridgehead atoms. The number of rotatable bonds is 3. The standard InChI is InChI=1S/C19H25N5O2/c1-20-12-8-10-24(11-9-12)15-5-3-4-13-17(22-23(2)18(13)15)14-6-7-16(25)21-19(14)26/h3-5,12,14,20H,6-11H2,1-2H3,(H,21,25,26). The number of aromatic nitrogens is 2. The Kier molecular flexibility index (Phi) is 4.40. The van der Waals surface area contributed by atoms with Crippen molar-refractivity contribution in [1.82, 2.24) is 20.4 Å². The lowest BCUT2D eigenvalue weighted by molar-refractivity contribution is -0.134. The average Bonchev–Trinajstić information content (AvgIpc) is 2.99. The van der Waals surface area contributed by atoms with Crippen LogP contribution in [0.5, 0.6) is 0 Å².